The quantitative estimate of drug-likeness (QED) is 0.745. The van der Waals surface area contributed by atoms with Crippen molar-refractivity contribution in [1.29, 1.82) is 0 Å². The van der Waals surface area contributed by atoms with Crippen molar-refractivity contribution in [3.05, 3.63) is 28.2 Å². The molecule has 0 unspecified atom stereocenters. The van der Waals surface area contributed by atoms with Gasteiger partial charge in [0.2, 0.25) is 0 Å². The Labute approximate surface area is 139 Å². The van der Waals surface area contributed by atoms with Crippen LogP contribution < -0.4 is 0 Å². The molecule has 1 aliphatic rings. The van der Waals surface area contributed by atoms with Crippen LogP contribution in [0.2, 0.25) is 0 Å². The van der Waals surface area contributed by atoms with Gasteiger partial charge in [-0.15, -0.1) is 21.5 Å². The molecule has 1 aliphatic carbocycles. The number of rotatable bonds is 6. The van der Waals surface area contributed by atoms with Crippen LogP contribution in [0.25, 0.3) is 0 Å². The third-order valence-electron chi connectivity index (χ3n) is 3.99. The van der Waals surface area contributed by atoms with Crippen LogP contribution in [0.15, 0.2) is 22.7 Å². The van der Waals surface area contributed by atoms with Crippen molar-refractivity contribution >= 4 is 28.9 Å². The van der Waals surface area contributed by atoms with Crippen LogP contribution in [-0.2, 0) is 11.2 Å². The fraction of sp³-hybridized carbons (Fsp3) is 0.562. The van der Waals surface area contributed by atoms with Gasteiger partial charge in [-0.25, -0.2) is 0 Å². The number of hydrogen-bond donors (Lipinski definition) is 0. The normalized spacial score (nSPS) is 16.0. The lowest BCUT2D eigenvalue weighted by Gasteiger charge is -2.25. The number of Topliss-reactive ketones (excluding diaryl/α,β-unsaturated/α-hetero) is 1. The smallest absolute Gasteiger partial charge is 0.191 e. The summed E-state index contributed by atoms with van der Waals surface area (Å²) in [5.74, 6) is 1.70. The van der Waals surface area contributed by atoms with Gasteiger partial charge in [-0.3, -0.25) is 4.79 Å². The lowest BCUT2D eigenvalue weighted by Crippen LogP contribution is -2.17. The average molecular weight is 335 g/mol. The van der Waals surface area contributed by atoms with E-state index in [0.29, 0.717) is 11.8 Å². The van der Waals surface area contributed by atoms with Crippen molar-refractivity contribution in [2.75, 3.05) is 5.75 Å². The maximum Gasteiger partial charge on any atom is 0.191 e. The molecule has 2 aromatic rings. The molecule has 0 aromatic carbocycles. The summed E-state index contributed by atoms with van der Waals surface area (Å²) in [4.78, 5) is 12.6. The van der Waals surface area contributed by atoms with E-state index in [1.54, 1.807) is 18.3 Å². The summed E-state index contributed by atoms with van der Waals surface area (Å²) < 4.78 is 2.31. The minimum Gasteiger partial charge on any atom is -0.303 e. The van der Waals surface area contributed by atoms with Crippen molar-refractivity contribution in [1.82, 2.24) is 14.8 Å². The van der Waals surface area contributed by atoms with E-state index in [2.05, 4.69) is 32.3 Å². The van der Waals surface area contributed by atoms with E-state index >= 15 is 0 Å². The first-order valence-electron chi connectivity index (χ1n) is 7.82. The largest absolute Gasteiger partial charge is 0.303 e. The van der Waals surface area contributed by atoms with Crippen LogP contribution in [0, 0.1) is 0 Å². The first kappa shape index (κ1) is 15.7. The summed E-state index contributed by atoms with van der Waals surface area (Å²) in [6.07, 6.45) is 7.11. The molecule has 1 saturated carbocycles. The molecule has 3 rings (SSSR count). The maximum absolute atomic E-state index is 11.3. The Kier molecular flexibility index (Phi) is 5.31. The van der Waals surface area contributed by atoms with E-state index in [1.165, 1.54) is 48.7 Å². The SMILES string of the molecule is CC(=O)CSc1nnc(Cc2cccs2)n1C1CCCCC1. The second-order valence-corrected chi connectivity index (χ2v) is 7.78. The van der Waals surface area contributed by atoms with Gasteiger partial charge in [-0.1, -0.05) is 37.1 Å². The summed E-state index contributed by atoms with van der Waals surface area (Å²) in [7, 11) is 0. The van der Waals surface area contributed by atoms with Crippen LogP contribution in [0.5, 0.6) is 0 Å². The van der Waals surface area contributed by atoms with E-state index < -0.39 is 0 Å². The summed E-state index contributed by atoms with van der Waals surface area (Å²) >= 11 is 3.28. The molecule has 1 fully saturated rings. The Morgan fingerprint density at radius 3 is 2.86 bits per heavy atom. The predicted octanol–water partition coefficient (Wildman–Crippen LogP) is 4.12. The third kappa shape index (κ3) is 3.79. The first-order valence-corrected chi connectivity index (χ1v) is 9.69. The van der Waals surface area contributed by atoms with Crippen LogP contribution in [0.1, 0.15) is 55.8 Å². The molecule has 2 aromatic heterocycles. The van der Waals surface area contributed by atoms with E-state index in [-0.39, 0.29) is 5.78 Å². The molecule has 0 atom stereocenters. The van der Waals surface area contributed by atoms with E-state index in [0.717, 1.165) is 17.4 Å². The summed E-state index contributed by atoms with van der Waals surface area (Å²) in [6.45, 7) is 1.63. The van der Waals surface area contributed by atoms with Crippen molar-refractivity contribution in [2.45, 2.75) is 56.6 Å². The molecule has 0 N–H and O–H groups in total. The molecule has 0 saturated heterocycles. The van der Waals surface area contributed by atoms with Gasteiger partial charge in [-0.05, 0) is 31.2 Å². The highest BCUT2D eigenvalue weighted by molar-refractivity contribution is 7.99. The topological polar surface area (TPSA) is 47.8 Å². The highest BCUT2D eigenvalue weighted by atomic mass is 32.2. The molecular weight excluding hydrogens is 314 g/mol. The second-order valence-electron chi connectivity index (χ2n) is 5.81. The molecule has 22 heavy (non-hydrogen) atoms. The Hall–Kier alpha value is -1.14. The molecule has 0 bridgehead atoms. The van der Waals surface area contributed by atoms with Crippen LogP contribution in [0.4, 0.5) is 0 Å². The summed E-state index contributed by atoms with van der Waals surface area (Å²) in [6, 6.07) is 4.72. The maximum atomic E-state index is 11.3. The monoisotopic (exact) mass is 335 g/mol. The lowest BCUT2D eigenvalue weighted by molar-refractivity contribution is -0.114. The Bertz CT molecular complexity index is 615. The minimum absolute atomic E-state index is 0.183. The van der Waals surface area contributed by atoms with Crippen LogP contribution >= 0.6 is 23.1 Å². The van der Waals surface area contributed by atoms with E-state index in [1.807, 2.05) is 0 Å². The highest BCUT2D eigenvalue weighted by Gasteiger charge is 2.23. The number of carbonyl (C=O) groups is 1. The molecule has 0 amide bonds. The highest BCUT2D eigenvalue weighted by Crippen LogP contribution is 2.33. The van der Waals surface area contributed by atoms with E-state index in [9.17, 15) is 4.79 Å². The lowest BCUT2D eigenvalue weighted by atomic mass is 9.95. The number of thiophene rings is 1. The van der Waals surface area contributed by atoms with Gasteiger partial charge in [0.25, 0.3) is 0 Å². The number of thioether (sulfide) groups is 1. The van der Waals surface area contributed by atoms with Crippen molar-refractivity contribution in [3.8, 4) is 0 Å². The zero-order valence-electron chi connectivity index (χ0n) is 12.8. The minimum atomic E-state index is 0.183. The Morgan fingerprint density at radius 1 is 1.36 bits per heavy atom. The number of aromatic nitrogens is 3. The molecule has 0 spiro atoms. The van der Waals surface area contributed by atoms with Gasteiger partial charge in [0.05, 0.1) is 5.75 Å². The van der Waals surface area contributed by atoms with Gasteiger partial charge in [0.15, 0.2) is 5.16 Å². The second kappa shape index (κ2) is 7.42. The third-order valence-corrected chi connectivity index (χ3v) is 5.96. The fourth-order valence-corrected chi connectivity index (χ4v) is 4.49. The Morgan fingerprint density at radius 2 is 2.18 bits per heavy atom. The van der Waals surface area contributed by atoms with Gasteiger partial charge < -0.3 is 4.57 Å². The zero-order chi connectivity index (χ0) is 15.4. The van der Waals surface area contributed by atoms with Gasteiger partial charge in [0.1, 0.15) is 11.6 Å². The zero-order valence-corrected chi connectivity index (χ0v) is 14.5. The van der Waals surface area contributed by atoms with E-state index in [4.69, 9.17) is 0 Å². The molecule has 6 heteroatoms. The van der Waals surface area contributed by atoms with Crippen LogP contribution in [-0.4, -0.2) is 26.3 Å². The van der Waals surface area contributed by atoms with Gasteiger partial charge in [0, 0.05) is 17.3 Å². The molecule has 0 aliphatic heterocycles. The average Bonchev–Trinajstić information content (AvgIpc) is 3.16. The fourth-order valence-electron chi connectivity index (χ4n) is 2.97. The standard InChI is InChI=1S/C16H21N3OS2/c1-12(20)11-22-16-18-17-15(10-14-8-5-9-21-14)19(16)13-6-3-2-4-7-13/h5,8-9,13H,2-4,6-7,10-11H2,1H3. The number of hydrogen-bond acceptors (Lipinski definition) is 5. The number of ketones is 1. The van der Waals surface area contributed by atoms with Gasteiger partial charge in [-0.2, -0.15) is 0 Å². The molecule has 118 valence electrons. The van der Waals surface area contributed by atoms with Crippen molar-refractivity contribution in [3.63, 3.8) is 0 Å². The van der Waals surface area contributed by atoms with Crippen LogP contribution in [0.3, 0.4) is 0 Å². The molecule has 4 nitrogen and oxygen atoms in total. The first-order chi connectivity index (χ1) is 10.7. The summed E-state index contributed by atoms with van der Waals surface area (Å²) in [5, 5.41) is 11.8. The van der Waals surface area contributed by atoms with Gasteiger partial charge >= 0.3 is 0 Å². The summed E-state index contributed by atoms with van der Waals surface area (Å²) in [5.41, 5.74) is 0. The predicted molar refractivity (Wildman–Crippen MR) is 90.7 cm³/mol. The molecule has 0 radical (unpaired) electrons. The van der Waals surface area contributed by atoms with Crippen molar-refractivity contribution in [2.24, 2.45) is 0 Å². The molecular formula is C16H21N3OS2. The Balaban J connectivity index is 1.85. The number of nitrogens with zero attached hydrogens (tertiary/aromatic N) is 3. The van der Waals surface area contributed by atoms with Crippen molar-refractivity contribution < 1.29 is 4.79 Å². The molecule has 2 heterocycles. The number of carbonyl (C=O) groups excluding carboxylic acids is 1.